The molecule has 1 N–H and O–H groups in total. The topological polar surface area (TPSA) is 84.7 Å². The summed E-state index contributed by atoms with van der Waals surface area (Å²) in [4.78, 5) is 25.9. The van der Waals surface area contributed by atoms with Crippen molar-refractivity contribution in [1.29, 1.82) is 0 Å². The van der Waals surface area contributed by atoms with E-state index in [1.54, 1.807) is 30.0 Å². The van der Waals surface area contributed by atoms with Crippen molar-refractivity contribution >= 4 is 17.3 Å². The number of benzene rings is 2. The van der Waals surface area contributed by atoms with Gasteiger partial charge in [0.15, 0.2) is 0 Å². The van der Waals surface area contributed by atoms with E-state index in [1.165, 1.54) is 0 Å². The fraction of sp³-hybridized carbons (Fsp3) is 0.350. The van der Waals surface area contributed by atoms with E-state index >= 15 is 0 Å². The second kappa shape index (κ2) is 7.00. The number of nitrogens with one attached hydrogen (secondary N) is 1. The van der Waals surface area contributed by atoms with Crippen LogP contribution in [0, 0.1) is 17.0 Å². The molecule has 27 heavy (non-hydrogen) atoms. The van der Waals surface area contributed by atoms with Gasteiger partial charge >= 0.3 is 0 Å². The molecule has 2 aromatic carbocycles. The quantitative estimate of drug-likeness (QED) is 0.659. The number of ether oxygens (including phenoxy) is 1. The zero-order valence-corrected chi connectivity index (χ0v) is 15.1. The summed E-state index contributed by atoms with van der Waals surface area (Å²) in [5.74, 6) is -0.0897. The maximum absolute atomic E-state index is 13.2. The number of nitrogens with zero attached hydrogens (tertiary/aromatic N) is 2. The molecule has 2 aliphatic rings. The Bertz CT molecular complexity index is 893. The van der Waals surface area contributed by atoms with Gasteiger partial charge in [0, 0.05) is 36.0 Å². The van der Waals surface area contributed by atoms with E-state index < -0.39 is 6.17 Å². The molecule has 0 aliphatic carbocycles. The van der Waals surface area contributed by atoms with Crippen LogP contribution in [0.25, 0.3) is 0 Å². The first-order valence-electron chi connectivity index (χ1n) is 9.07. The van der Waals surface area contributed by atoms with Crippen molar-refractivity contribution in [3.05, 3.63) is 69.3 Å². The SMILES string of the molecule is Cc1ccc([C@H]2Nc3ccccc3C(=O)N2C[C@H]2CCCO2)cc1[N+](=O)[O-]. The van der Waals surface area contributed by atoms with E-state index in [1.807, 2.05) is 24.3 Å². The second-order valence-electron chi connectivity index (χ2n) is 6.99. The van der Waals surface area contributed by atoms with E-state index in [0.717, 1.165) is 18.5 Å². The molecule has 0 saturated carbocycles. The van der Waals surface area contributed by atoms with Crippen LogP contribution >= 0.6 is 0 Å². The maximum atomic E-state index is 13.2. The average Bonchev–Trinajstić information content (AvgIpc) is 3.17. The van der Waals surface area contributed by atoms with Crippen LogP contribution in [0.5, 0.6) is 0 Å². The van der Waals surface area contributed by atoms with Crippen molar-refractivity contribution in [2.45, 2.75) is 32.0 Å². The molecule has 0 unspecified atom stereocenters. The predicted molar refractivity (Wildman–Crippen MR) is 101 cm³/mol. The lowest BCUT2D eigenvalue weighted by atomic mass is 10.0. The smallest absolute Gasteiger partial charge is 0.272 e. The van der Waals surface area contributed by atoms with Gasteiger partial charge in [-0.2, -0.15) is 0 Å². The minimum atomic E-state index is -0.476. The van der Waals surface area contributed by atoms with Crippen LogP contribution < -0.4 is 5.32 Å². The van der Waals surface area contributed by atoms with Gasteiger partial charge in [0.05, 0.1) is 16.6 Å². The van der Waals surface area contributed by atoms with Gasteiger partial charge in [-0.1, -0.05) is 24.3 Å². The number of fused-ring (bicyclic) bond motifs is 1. The van der Waals surface area contributed by atoms with Gasteiger partial charge in [0.2, 0.25) is 0 Å². The Morgan fingerprint density at radius 2 is 2.11 bits per heavy atom. The highest BCUT2D eigenvalue weighted by atomic mass is 16.6. The number of anilines is 1. The van der Waals surface area contributed by atoms with Crippen LogP contribution in [0.4, 0.5) is 11.4 Å². The summed E-state index contributed by atoms with van der Waals surface area (Å²) < 4.78 is 5.73. The van der Waals surface area contributed by atoms with Gasteiger partial charge in [-0.15, -0.1) is 0 Å². The Morgan fingerprint density at radius 3 is 2.85 bits per heavy atom. The van der Waals surface area contributed by atoms with Crippen LogP contribution in [0.2, 0.25) is 0 Å². The molecular weight excluding hydrogens is 346 g/mol. The largest absolute Gasteiger partial charge is 0.376 e. The van der Waals surface area contributed by atoms with Crippen molar-refractivity contribution in [3.8, 4) is 0 Å². The first-order valence-corrected chi connectivity index (χ1v) is 9.07. The van der Waals surface area contributed by atoms with Crippen LogP contribution in [-0.4, -0.2) is 35.0 Å². The van der Waals surface area contributed by atoms with Gasteiger partial charge in [-0.3, -0.25) is 14.9 Å². The summed E-state index contributed by atoms with van der Waals surface area (Å²) in [7, 11) is 0. The number of amides is 1. The van der Waals surface area contributed by atoms with E-state index in [-0.39, 0.29) is 22.6 Å². The number of hydrogen-bond acceptors (Lipinski definition) is 5. The number of rotatable bonds is 4. The number of nitro benzene ring substituents is 1. The fourth-order valence-corrected chi connectivity index (χ4v) is 3.75. The normalized spacial score (nSPS) is 21.7. The molecule has 1 saturated heterocycles. The summed E-state index contributed by atoms with van der Waals surface area (Å²) in [5.41, 5.74) is 2.68. The Labute approximate surface area is 157 Å². The molecule has 0 spiro atoms. The van der Waals surface area contributed by atoms with Crippen molar-refractivity contribution < 1.29 is 14.5 Å². The molecule has 0 radical (unpaired) electrons. The maximum Gasteiger partial charge on any atom is 0.272 e. The summed E-state index contributed by atoms with van der Waals surface area (Å²) in [6, 6.07) is 12.5. The highest BCUT2D eigenvalue weighted by Gasteiger charge is 2.35. The Hall–Kier alpha value is -2.93. The highest BCUT2D eigenvalue weighted by molar-refractivity contribution is 6.01. The lowest BCUT2D eigenvalue weighted by Crippen LogP contribution is -2.46. The number of hydrogen-bond donors (Lipinski definition) is 1. The summed E-state index contributed by atoms with van der Waals surface area (Å²) in [5, 5.41) is 14.7. The average molecular weight is 367 g/mol. The standard InChI is InChI=1S/C20H21N3O4/c1-13-8-9-14(11-18(13)23(25)26)19-21-17-7-3-2-6-16(17)20(24)22(19)12-15-5-4-10-27-15/h2-3,6-9,11,15,19,21H,4-5,10,12H2,1H3/t15-,19+/m1/s1. The van der Waals surface area contributed by atoms with Crippen molar-refractivity contribution in [2.75, 3.05) is 18.5 Å². The number of carbonyl (C=O) groups is 1. The minimum Gasteiger partial charge on any atom is -0.376 e. The van der Waals surface area contributed by atoms with Crippen molar-refractivity contribution in [1.82, 2.24) is 4.90 Å². The minimum absolute atomic E-state index is 0.0102. The first-order chi connectivity index (χ1) is 13.0. The molecule has 2 atom stereocenters. The summed E-state index contributed by atoms with van der Waals surface area (Å²) >= 11 is 0. The van der Waals surface area contributed by atoms with Gasteiger partial charge < -0.3 is 15.0 Å². The molecule has 7 nitrogen and oxygen atoms in total. The van der Waals surface area contributed by atoms with Crippen LogP contribution in [0.15, 0.2) is 42.5 Å². The third-order valence-corrected chi connectivity index (χ3v) is 5.19. The number of carbonyl (C=O) groups excluding carboxylic acids is 1. The van der Waals surface area contributed by atoms with Gasteiger partial charge in [-0.25, -0.2) is 0 Å². The molecule has 1 amide bonds. The zero-order chi connectivity index (χ0) is 19.0. The molecule has 7 heteroatoms. The predicted octanol–water partition coefficient (Wildman–Crippen LogP) is 3.65. The Kier molecular flexibility index (Phi) is 4.53. The van der Waals surface area contributed by atoms with Crippen LogP contribution in [0.3, 0.4) is 0 Å². The third kappa shape index (κ3) is 3.26. The van der Waals surface area contributed by atoms with E-state index in [0.29, 0.717) is 29.8 Å². The molecule has 0 aromatic heterocycles. The van der Waals surface area contributed by atoms with Crippen molar-refractivity contribution in [2.24, 2.45) is 0 Å². The Morgan fingerprint density at radius 1 is 1.30 bits per heavy atom. The van der Waals surface area contributed by atoms with E-state index in [2.05, 4.69) is 5.32 Å². The van der Waals surface area contributed by atoms with Gasteiger partial charge in [0.1, 0.15) is 6.17 Å². The molecule has 2 aliphatic heterocycles. The van der Waals surface area contributed by atoms with Crippen molar-refractivity contribution in [3.63, 3.8) is 0 Å². The van der Waals surface area contributed by atoms with Gasteiger partial charge in [0.25, 0.3) is 11.6 Å². The molecule has 140 valence electrons. The summed E-state index contributed by atoms with van der Waals surface area (Å²) in [6.45, 7) is 2.87. The van der Waals surface area contributed by atoms with E-state index in [4.69, 9.17) is 4.74 Å². The second-order valence-corrected chi connectivity index (χ2v) is 6.99. The number of nitro groups is 1. The molecule has 2 aromatic rings. The van der Waals surface area contributed by atoms with E-state index in [9.17, 15) is 14.9 Å². The lowest BCUT2D eigenvalue weighted by Gasteiger charge is -2.39. The fourth-order valence-electron chi connectivity index (χ4n) is 3.75. The van der Waals surface area contributed by atoms with Crippen LogP contribution in [0.1, 0.15) is 40.5 Å². The molecule has 2 heterocycles. The molecule has 4 rings (SSSR count). The number of para-hydroxylation sites is 1. The van der Waals surface area contributed by atoms with Crippen LogP contribution in [-0.2, 0) is 4.74 Å². The molecule has 1 fully saturated rings. The van der Waals surface area contributed by atoms with Gasteiger partial charge in [-0.05, 0) is 31.9 Å². The lowest BCUT2D eigenvalue weighted by molar-refractivity contribution is -0.385. The first kappa shape index (κ1) is 17.5. The molecular formula is C20H21N3O4. The summed E-state index contributed by atoms with van der Waals surface area (Å²) in [6.07, 6.45) is 1.41. The zero-order valence-electron chi connectivity index (χ0n) is 15.1. The Balaban J connectivity index is 1.74. The monoisotopic (exact) mass is 367 g/mol. The number of aryl methyl sites for hydroxylation is 1. The molecule has 0 bridgehead atoms. The highest BCUT2D eigenvalue weighted by Crippen LogP contribution is 2.35. The third-order valence-electron chi connectivity index (χ3n) is 5.19.